The first-order chi connectivity index (χ1) is 8.75. The van der Waals surface area contributed by atoms with Gasteiger partial charge in [0.2, 0.25) is 0 Å². The molecule has 3 aromatic rings. The van der Waals surface area contributed by atoms with Gasteiger partial charge in [0.25, 0.3) is 0 Å². The van der Waals surface area contributed by atoms with Gasteiger partial charge in [-0.25, -0.2) is 4.98 Å². The van der Waals surface area contributed by atoms with E-state index in [0.29, 0.717) is 0 Å². The maximum atomic E-state index is 4.44. The molecule has 0 aliphatic rings. The highest BCUT2D eigenvalue weighted by molar-refractivity contribution is 5.87. The lowest BCUT2D eigenvalue weighted by Crippen LogP contribution is -2.11. The van der Waals surface area contributed by atoms with Crippen molar-refractivity contribution in [3.8, 4) is 11.1 Å². The number of hydrogen-bond acceptors (Lipinski definition) is 2. The van der Waals surface area contributed by atoms with Gasteiger partial charge in [-0.1, -0.05) is 12.1 Å². The van der Waals surface area contributed by atoms with Crippen LogP contribution < -0.4 is 4.90 Å². The molecule has 0 atom stereocenters. The van der Waals surface area contributed by atoms with E-state index in [2.05, 4.69) is 40.3 Å². The summed E-state index contributed by atoms with van der Waals surface area (Å²) in [6.07, 6.45) is 3.79. The summed E-state index contributed by atoms with van der Waals surface area (Å²) < 4.78 is 0. The number of nitrogens with zero attached hydrogens (tertiary/aromatic N) is 2. The summed E-state index contributed by atoms with van der Waals surface area (Å²) in [4.78, 5) is 9.72. The van der Waals surface area contributed by atoms with Gasteiger partial charge in [0.05, 0.1) is 0 Å². The number of hydrogen-bond donors (Lipinski definition) is 1. The van der Waals surface area contributed by atoms with Crippen molar-refractivity contribution in [1.29, 1.82) is 0 Å². The molecular formula is C15H15N3. The van der Waals surface area contributed by atoms with E-state index < -0.39 is 0 Å². The Kier molecular flexibility index (Phi) is 2.52. The summed E-state index contributed by atoms with van der Waals surface area (Å²) in [5.74, 6) is 0.989. The summed E-state index contributed by atoms with van der Waals surface area (Å²) in [7, 11) is 4.03. The zero-order valence-electron chi connectivity index (χ0n) is 10.5. The molecule has 0 aliphatic heterocycles. The lowest BCUT2D eigenvalue weighted by Gasteiger charge is -2.15. The normalized spacial score (nSPS) is 10.8. The number of benzene rings is 1. The Balaban J connectivity index is 2.19. The van der Waals surface area contributed by atoms with Crippen molar-refractivity contribution in [3.63, 3.8) is 0 Å². The Morgan fingerprint density at radius 3 is 2.83 bits per heavy atom. The van der Waals surface area contributed by atoms with E-state index >= 15 is 0 Å². The zero-order valence-corrected chi connectivity index (χ0v) is 10.5. The summed E-state index contributed by atoms with van der Waals surface area (Å²) in [6, 6.07) is 12.6. The molecule has 18 heavy (non-hydrogen) atoms. The molecule has 0 fully saturated rings. The van der Waals surface area contributed by atoms with E-state index in [0.717, 1.165) is 16.9 Å². The highest BCUT2D eigenvalue weighted by Gasteiger charge is 2.08. The Labute approximate surface area is 106 Å². The molecule has 0 aliphatic carbocycles. The minimum Gasteiger partial charge on any atom is -0.362 e. The molecule has 1 N–H and O–H groups in total. The van der Waals surface area contributed by atoms with Crippen molar-refractivity contribution < 1.29 is 0 Å². The molecule has 2 heterocycles. The minimum atomic E-state index is 0.989. The van der Waals surface area contributed by atoms with Gasteiger partial charge in [-0.3, -0.25) is 0 Å². The third kappa shape index (κ3) is 1.74. The molecule has 0 spiro atoms. The predicted molar refractivity (Wildman–Crippen MR) is 75.9 cm³/mol. The van der Waals surface area contributed by atoms with Gasteiger partial charge in [-0.2, -0.15) is 0 Å². The van der Waals surface area contributed by atoms with Crippen LogP contribution in [0.1, 0.15) is 0 Å². The van der Waals surface area contributed by atoms with Crippen LogP contribution in [0, 0.1) is 0 Å². The third-order valence-electron chi connectivity index (χ3n) is 3.08. The molecule has 2 aromatic heterocycles. The third-order valence-corrected chi connectivity index (χ3v) is 3.08. The van der Waals surface area contributed by atoms with Crippen LogP contribution in [0.25, 0.3) is 22.0 Å². The van der Waals surface area contributed by atoms with Gasteiger partial charge in [-0.05, 0) is 35.2 Å². The Hall–Kier alpha value is -2.29. The van der Waals surface area contributed by atoms with Gasteiger partial charge in [0, 0.05) is 37.6 Å². The van der Waals surface area contributed by atoms with Crippen molar-refractivity contribution in [1.82, 2.24) is 9.97 Å². The molecule has 0 amide bonds. The molecule has 0 saturated heterocycles. The largest absolute Gasteiger partial charge is 0.362 e. The summed E-state index contributed by atoms with van der Waals surface area (Å²) >= 11 is 0. The first-order valence-electron chi connectivity index (χ1n) is 5.95. The lowest BCUT2D eigenvalue weighted by molar-refractivity contribution is 1.07. The lowest BCUT2D eigenvalue weighted by atomic mass is 10.0. The van der Waals surface area contributed by atoms with Crippen LogP contribution in [0.15, 0.2) is 48.8 Å². The fraction of sp³-hybridized carbons (Fsp3) is 0.133. The van der Waals surface area contributed by atoms with Crippen molar-refractivity contribution in [2.24, 2.45) is 0 Å². The molecule has 3 nitrogen and oxygen atoms in total. The fourth-order valence-corrected chi connectivity index (χ4v) is 2.19. The van der Waals surface area contributed by atoms with Crippen LogP contribution in [0.3, 0.4) is 0 Å². The number of rotatable bonds is 2. The maximum absolute atomic E-state index is 4.44. The monoisotopic (exact) mass is 237 g/mol. The van der Waals surface area contributed by atoms with Gasteiger partial charge in [0.1, 0.15) is 5.82 Å². The molecular weight excluding hydrogens is 222 g/mol. The SMILES string of the molecule is CN(C)c1ncccc1-c1ccc2cc[nH]c2c1. The Morgan fingerprint density at radius 2 is 2.00 bits per heavy atom. The second-order valence-corrected chi connectivity index (χ2v) is 4.55. The van der Waals surface area contributed by atoms with E-state index in [1.807, 2.05) is 37.5 Å². The predicted octanol–water partition coefficient (Wildman–Crippen LogP) is 3.30. The van der Waals surface area contributed by atoms with Gasteiger partial charge in [-0.15, -0.1) is 0 Å². The summed E-state index contributed by atoms with van der Waals surface area (Å²) in [6.45, 7) is 0. The number of aromatic nitrogens is 2. The van der Waals surface area contributed by atoms with Crippen LogP contribution in [-0.2, 0) is 0 Å². The van der Waals surface area contributed by atoms with Crippen molar-refractivity contribution in [2.75, 3.05) is 19.0 Å². The quantitative estimate of drug-likeness (QED) is 0.741. The van der Waals surface area contributed by atoms with Crippen molar-refractivity contribution in [3.05, 3.63) is 48.8 Å². The molecule has 0 saturated carbocycles. The van der Waals surface area contributed by atoms with Crippen LogP contribution in [0.5, 0.6) is 0 Å². The van der Waals surface area contributed by atoms with Gasteiger partial charge >= 0.3 is 0 Å². The van der Waals surface area contributed by atoms with E-state index in [4.69, 9.17) is 0 Å². The summed E-state index contributed by atoms with van der Waals surface area (Å²) in [5, 5.41) is 1.23. The highest BCUT2D eigenvalue weighted by atomic mass is 15.1. The molecule has 0 bridgehead atoms. The number of aromatic amines is 1. The molecule has 3 rings (SSSR count). The van der Waals surface area contributed by atoms with E-state index in [-0.39, 0.29) is 0 Å². The van der Waals surface area contributed by atoms with Crippen molar-refractivity contribution >= 4 is 16.7 Å². The molecule has 0 radical (unpaired) electrons. The second kappa shape index (κ2) is 4.18. The van der Waals surface area contributed by atoms with Crippen LogP contribution >= 0.6 is 0 Å². The number of H-pyrrole nitrogens is 1. The standard InChI is InChI=1S/C15H15N3/c1-18(2)15-13(4-3-8-17-15)12-6-5-11-7-9-16-14(11)10-12/h3-10,16H,1-2H3. The number of fused-ring (bicyclic) bond motifs is 1. The summed E-state index contributed by atoms with van der Waals surface area (Å²) in [5.41, 5.74) is 3.49. The highest BCUT2D eigenvalue weighted by Crippen LogP contribution is 2.29. The Bertz CT molecular complexity index is 683. The van der Waals surface area contributed by atoms with E-state index in [9.17, 15) is 0 Å². The molecule has 3 heteroatoms. The molecule has 1 aromatic carbocycles. The number of pyridine rings is 1. The topological polar surface area (TPSA) is 31.9 Å². The second-order valence-electron chi connectivity index (χ2n) is 4.55. The van der Waals surface area contributed by atoms with Crippen LogP contribution in [0.2, 0.25) is 0 Å². The van der Waals surface area contributed by atoms with E-state index in [1.54, 1.807) is 0 Å². The first-order valence-corrected chi connectivity index (χ1v) is 5.95. The van der Waals surface area contributed by atoms with Crippen molar-refractivity contribution in [2.45, 2.75) is 0 Å². The molecule has 90 valence electrons. The Morgan fingerprint density at radius 1 is 1.11 bits per heavy atom. The average Bonchev–Trinajstić information content (AvgIpc) is 2.85. The van der Waals surface area contributed by atoms with E-state index in [1.165, 1.54) is 10.9 Å². The average molecular weight is 237 g/mol. The zero-order chi connectivity index (χ0) is 12.5. The van der Waals surface area contributed by atoms with Gasteiger partial charge < -0.3 is 9.88 Å². The number of anilines is 1. The minimum absolute atomic E-state index is 0.989. The molecule has 0 unspecified atom stereocenters. The maximum Gasteiger partial charge on any atom is 0.135 e. The number of nitrogens with one attached hydrogen (secondary N) is 1. The van der Waals surface area contributed by atoms with Crippen LogP contribution in [0.4, 0.5) is 5.82 Å². The smallest absolute Gasteiger partial charge is 0.135 e. The van der Waals surface area contributed by atoms with Crippen LogP contribution in [-0.4, -0.2) is 24.1 Å². The van der Waals surface area contributed by atoms with Gasteiger partial charge in [0.15, 0.2) is 0 Å². The first kappa shape index (κ1) is 10.8. The fourth-order valence-electron chi connectivity index (χ4n) is 2.19.